The average Bonchev–Trinajstić information content (AvgIpc) is 3.30. The number of hydrogen-bond donors (Lipinski definition) is 0. The number of rotatable bonds is 4. The number of fused-ring (bicyclic) bond motifs is 1. The van der Waals surface area contributed by atoms with Crippen LogP contribution < -0.4 is 0 Å². The van der Waals surface area contributed by atoms with Gasteiger partial charge in [0.25, 0.3) is 0 Å². The maximum atomic E-state index is 12.2. The molecule has 4 nitrogen and oxygen atoms in total. The molecule has 0 bridgehead atoms. The van der Waals surface area contributed by atoms with Crippen molar-refractivity contribution in [3.8, 4) is 11.3 Å². The second-order valence-corrected chi connectivity index (χ2v) is 7.17. The second kappa shape index (κ2) is 6.35. The van der Waals surface area contributed by atoms with E-state index in [4.69, 9.17) is 21.0 Å². The van der Waals surface area contributed by atoms with Gasteiger partial charge in [-0.2, -0.15) is 0 Å². The van der Waals surface area contributed by atoms with Gasteiger partial charge in [0.05, 0.1) is 17.7 Å². The van der Waals surface area contributed by atoms with Crippen LogP contribution >= 0.6 is 22.9 Å². The van der Waals surface area contributed by atoms with E-state index < -0.39 is 0 Å². The van der Waals surface area contributed by atoms with Crippen LogP contribution in [0.1, 0.15) is 21.1 Å². The van der Waals surface area contributed by atoms with E-state index in [0.29, 0.717) is 10.8 Å². The summed E-state index contributed by atoms with van der Waals surface area (Å²) < 4.78 is 7.14. The molecule has 0 spiro atoms. The lowest BCUT2D eigenvalue weighted by Gasteiger charge is -2.00. The van der Waals surface area contributed by atoms with Crippen molar-refractivity contribution >= 4 is 39.8 Å². The van der Waals surface area contributed by atoms with Gasteiger partial charge in [-0.25, -0.2) is 4.98 Å². The van der Waals surface area contributed by atoms with E-state index in [1.165, 1.54) is 12.3 Å². The molecule has 0 unspecified atom stereocenters. The van der Waals surface area contributed by atoms with Crippen molar-refractivity contribution < 1.29 is 9.21 Å². The van der Waals surface area contributed by atoms with E-state index in [1.54, 1.807) is 29.5 Å². The third-order valence-electron chi connectivity index (χ3n) is 3.75. The number of aryl methyl sites for hydroxylation is 1. The lowest BCUT2D eigenvalue weighted by atomic mass is 10.1. The van der Waals surface area contributed by atoms with Crippen molar-refractivity contribution in [3.05, 3.63) is 76.3 Å². The molecule has 3 heterocycles. The standard InChI is InChI=1S/C19H13ClN2O2S/c1-12-11-22-15(8-9-16(23)17-3-2-10-24-17)18(21-19(22)25-12)13-4-6-14(20)7-5-13/h2-11H,1H3/b9-8+. The summed E-state index contributed by atoms with van der Waals surface area (Å²) in [5, 5.41) is 0.672. The number of carbonyl (C=O) groups excluding carboxylic acids is 1. The summed E-state index contributed by atoms with van der Waals surface area (Å²) in [6, 6.07) is 10.8. The Bertz CT molecular complexity index is 1070. The largest absolute Gasteiger partial charge is 0.461 e. The van der Waals surface area contributed by atoms with Crippen LogP contribution in [0, 0.1) is 6.92 Å². The van der Waals surface area contributed by atoms with Gasteiger partial charge in [-0.1, -0.05) is 23.7 Å². The molecule has 0 amide bonds. The normalized spacial score (nSPS) is 11.6. The summed E-state index contributed by atoms with van der Waals surface area (Å²) in [5.74, 6) is 0.125. The van der Waals surface area contributed by atoms with Gasteiger partial charge in [0.15, 0.2) is 10.7 Å². The van der Waals surface area contributed by atoms with Gasteiger partial charge >= 0.3 is 0 Å². The van der Waals surface area contributed by atoms with Gasteiger partial charge in [-0.3, -0.25) is 9.20 Å². The number of aromatic nitrogens is 2. The van der Waals surface area contributed by atoms with Crippen molar-refractivity contribution in [2.24, 2.45) is 0 Å². The molecule has 0 aliphatic rings. The Morgan fingerprint density at radius 3 is 2.80 bits per heavy atom. The zero-order chi connectivity index (χ0) is 17.4. The zero-order valence-corrected chi connectivity index (χ0v) is 14.8. The molecule has 1 aromatic carbocycles. The summed E-state index contributed by atoms with van der Waals surface area (Å²) in [5.41, 5.74) is 2.61. The van der Waals surface area contributed by atoms with E-state index >= 15 is 0 Å². The number of furan rings is 1. The number of halogens is 1. The highest BCUT2D eigenvalue weighted by Crippen LogP contribution is 2.30. The molecular weight excluding hydrogens is 356 g/mol. The number of imidazole rings is 1. The van der Waals surface area contributed by atoms with Gasteiger partial charge in [-0.15, -0.1) is 11.3 Å². The van der Waals surface area contributed by atoms with Crippen molar-refractivity contribution in [1.29, 1.82) is 0 Å². The topological polar surface area (TPSA) is 47.5 Å². The Morgan fingerprint density at radius 2 is 2.08 bits per heavy atom. The number of benzene rings is 1. The third-order valence-corrected chi connectivity index (χ3v) is 4.90. The monoisotopic (exact) mass is 368 g/mol. The lowest BCUT2D eigenvalue weighted by Crippen LogP contribution is -1.92. The number of hydrogen-bond acceptors (Lipinski definition) is 4. The minimum Gasteiger partial charge on any atom is -0.461 e. The molecule has 0 fully saturated rings. The highest BCUT2D eigenvalue weighted by molar-refractivity contribution is 7.17. The predicted molar refractivity (Wildman–Crippen MR) is 100 cm³/mol. The molecule has 4 rings (SSSR count). The Labute approximate surface area is 153 Å². The predicted octanol–water partition coefficient (Wildman–Crippen LogP) is 5.51. The Hall–Kier alpha value is -2.63. The number of ketones is 1. The van der Waals surface area contributed by atoms with Crippen LogP contribution in [0.3, 0.4) is 0 Å². The van der Waals surface area contributed by atoms with E-state index in [0.717, 1.165) is 26.8 Å². The fourth-order valence-corrected chi connectivity index (χ4v) is 3.57. The molecular formula is C19H13ClN2O2S. The van der Waals surface area contributed by atoms with Gasteiger partial charge in [0, 0.05) is 21.7 Å². The first-order valence-electron chi connectivity index (χ1n) is 7.62. The highest BCUT2D eigenvalue weighted by atomic mass is 35.5. The number of allylic oxidation sites excluding steroid dienone is 1. The van der Waals surface area contributed by atoms with E-state index in [2.05, 4.69) is 0 Å². The first kappa shape index (κ1) is 15.9. The molecule has 4 aromatic rings. The molecule has 6 heteroatoms. The van der Waals surface area contributed by atoms with Crippen LogP contribution in [0.15, 0.2) is 59.4 Å². The van der Waals surface area contributed by atoms with Crippen LogP contribution in [-0.4, -0.2) is 15.2 Å². The van der Waals surface area contributed by atoms with Gasteiger partial charge in [0.2, 0.25) is 5.78 Å². The maximum Gasteiger partial charge on any atom is 0.221 e. The van der Waals surface area contributed by atoms with Crippen molar-refractivity contribution in [2.75, 3.05) is 0 Å². The minimum atomic E-state index is -0.186. The summed E-state index contributed by atoms with van der Waals surface area (Å²) >= 11 is 7.59. The van der Waals surface area contributed by atoms with E-state index in [9.17, 15) is 4.79 Å². The zero-order valence-electron chi connectivity index (χ0n) is 13.3. The minimum absolute atomic E-state index is 0.186. The van der Waals surface area contributed by atoms with Crippen LogP contribution in [0.25, 0.3) is 22.3 Å². The Kier molecular flexibility index (Phi) is 4.03. The molecule has 0 atom stereocenters. The Balaban J connectivity index is 1.81. The summed E-state index contributed by atoms with van der Waals surface area (Å²) in [6.45, 7) is 2.03. The second-order valence-electron chi connectivity index (χ2n) is 5.52. The van der Waals surface area contributed by atoms with Gasteiger partial charge < -0.3 is 4.42 Å². The smallest absolute Gasteiger partial charge is 0.221 e. The quantitative estimate of drug-likeness (QED) is 0.352. The summed E-state index contributed by atoms with van der Waals surface area (Å²) in [7, 11) is 0. The average molecular weight is 369 g/mol. The molecule has 0 radical (unpaired) electrons. The van der Waals surface area contributed by atoms with Crippen molar-refractivity contribution in [1.82, 2.24) is 9.38 Å². The summed E-state index contributed by atoms with van der Waals surface area (Å²) in [4.78, 5) is 19.0. The maximum absolute atomic E-state index is 12.2. The van der Waals surface area contributed by atoms with Gasteiger partial charge in [-0.05, 0) is 43.3 Å². The van der Waals surface area contributed by atoms with Crippen LogP contribution in [0.5, 0.6) is 0 Å². The van der Waals surface area contributed by atoms with Crippen molar-refractivity contribution in [3.63, 3.8) is 0 Å². The molecule has 0 saturated carbocycles. The fourth-order valence-electron chi connectivity index (χ4n) is 2.61. The van der Waals surface area contributed by atoms with Crippen LogP contribution in [0.2, 0.25) is 5.02 Å². The lowest BCUT2D eigenvalue weighted by molar-refractivity contribution is 0.102. The number of carbonyl (C=O) groups is 1. The van der Waals surface area contributed by atoms with Gasteiger partial charge in [0.1, 0.15) is 0 Å². The van der Waals surface area contributed by atoms with E-state index in [-0.39, 0.29) is 5.78 Å². The highest BCUT2D eigenvalue weighted by Gasteiger charge is 2.15. The molecule has 124 valence electrons. The summed E-state index contributed by atoms with van der Waals surface area (Å²) in [6.07, 6.45) is 6.79. The first-order chi connectivity index (χ1) is 12.1. The fraction of sp³-hybridized carbons (Fsp3) is 0.0526. The Morgan fingerprint density at radius 1 is 1.28 bits per heavy atom. The number of thiazole rings is 1. The van der Waals surface area contributed by atoms with E-state index in [1.807, 2.05) is 41.8 Å². The molecule has 0 aliphatic carbocycles. The first-order valence-corrected chi connectivity index (χ1v) is 8.81. The molecule has 0 N–H and O–H groups in total. The third kappa shape index (κ3) is 3.04. The van der Waals surface area contributed by atoms with Crippen molar-refractivity contribution in [2.45, 2.75) is 6.92 Å². The molecule has 0 aliphatic heterocycles. The SMILES string of the molecule is Cc1cn2c(/C=C/C(=O)c3ccco3)c(-c3ccc(Cl)cc3)nc2s1. The molecule has 0 saturated heterocycles. The number of nitrogens with zero attached hydrogens (tertiary/aromatic N) is 2. The van der Waals surface area contributed by atoms with Crippen LogP contribution in [-0.2, 0) is 0 Å². The molecule has 3 aromatic heterocycles. The molecule has 25 heavy (non-hydrogen) atoms. The van der Waals surface area contributed by atoms with Crippen LogP contribution in [0.4, 0.5) is 0 Å².